The Balaban J connectivity index is 2.06. The van der Waals surface area contributed by atoms with Crippen molar-refractivity contribution in [2.75, 3.05) is 12.0 Å². The molecular formula is C17H18ClN3O6S. The van der Waals surface area contributed by atoms with Gasteiger partial charge in [0, 0.05) is 18.2 Å². The monoisotopic (exact) mass is 427 g/mol. The van der Waals surface area contributed by atoms with Crippen LogP contribution in [0.4, 0.5) is 5.69 Å². The van der Waals surface area contributed by atoms with E-state index in [1.54, 1.807) is 13.0 Å². The molecule has 0 aliphatic rings. The fourth-order valence-electron chi connectivity index (χ4n) is 2.25. The number of halogens is 1. The Hall–Kier alpha value is -2.59. The minimum Gasteiger partial charge on any atom is -0.458 e. The first kappa shape index (κ1) is 21.7. The van der Waals surface area contributed by atoms with Crippen LogP contribution < -0.4 is 5.32 Å². The third kappa shape index (κ3) is 5.96. The number of non-ortho nitro benzene ring substituents is 1. The number of benzene rings is 1. The largest absolute Gasteiger partial charge is 0.458 e. The zero-order valence-corrected chi connectivity index (χ0v) is 16.7. The molecule has 2 aromatic rings. The number of nitro groups is 1. The highest BCUT2D eigenvalue weighted by Crippen LogP contribution is 2.22. The lowest BCUT2D eigenvalue weighted by Gasteiger charge is -2.17. The molecule has 1 atom stereocenters. The van der Waals surface area contributed by atoms with Crippen molar-refractivity contribution in [3.8, 4) is 0 Å². The van der Waals surface area contributed by atoms with Gasteiger partial charge in [-0.3, -0.25) is 14.9 Å². The Morgan fingerprint density at radius 3 is 2.75 bits per heavy atom. The van der Waals surface area contributed by atoms with Gasteiger partial charge >= 0.3 is 5.97 Å². The number of aromatic nitrogens is 1. The van der Waals surface area contributed by atoms with Crippen LogP contribution in [-0.4, -0.2) is 40.0 Å². The number of carbonyl (C=O) groups is 2. The molecule has 1 heterocycles. The molecule has 0 aliphatic heterocycles. The lowest BCUT2D eigenvalue weighted by Crippen LogP contribution is -2.42. The maximum atomic E-state index is 12.5. The number of rotatable bonds is 9. The molecule has 11 heteroatoms. The summed E-state index contributed by atoms with van der Waals surface area (Å²) < 4.78 is 10.1. The second-order valence-electron chi connectivity index (χ2n) is 5.77. The Labute approximate surface area is 169 Å². The number of hydrogen-bond acceptors (Lipinski definition) is 8. The normalized spacial score (nSPS) is 11.7. The summed E-state index contributed by atoms with van der Waals surface area (Å²) >= 11 is 7.48. The number of ether oxygens (including phenoxy) is 1. The first-order valence-corrected chi connectivity index (χ1v) is 9.91. The van der Waals surface area contributed by atoms with Gasteiger partial charge in [-0.1, -0.05) is 16.8 Å². The number of nitrogens with zero attached hydrogens (tertiary/aromatic N) is 2. The fraction of sp³-hybridized carbons (Fsp3) is 0.353. The molecule has 1 N–H and O–H groups in total. The lowest BCUT2D eigenvalue weighted by molar-refractivity contribution is -0.384. The van der Waals surface area contributed by atoms with Gasteiger partial charge in [0.2, 0.25) is 0 Å². The van der Waals surface area contributed by atoms with Crippen LogP contribution in [0.15, 0.2) is 28.8 Å². The van der Waals surface area contributed by atoms with E-state index in [-0.39, 0.29) is 22.9 Å². The lowest BCUT2D eigenvalue weighted by atomic mass is 10.1. The standard InChI is InChI=1S/C17H18ClN3O6S/c1-10-7-11(20-27-10)9-26-17(23)15(5-6-28-2)19-16(22)13-4-3-12(21(24)25)8-14(13)18/h3-4,7-8,15H,5-6,9H2,1-2H3,(H,19,22)/t15-/m1/s1. The van der Waals surface area contributed by atoms with Gasteiger partial charge in [0.05, 0.1) is 15.5 Å². The second-order valence-corrected chi connectivity index (χ2v) is 7.16. The minimum atomic E-state index is -0.904. The average Bonchev–Trinajstić information content (AvgIpc) is 3.08. The zero-order valence-electron chi connectivity index (χ0n) is 15.1. The number of esters is 1. The van der Waals surface area contributed by atoms with Gasteiger partial charge in [0.1, 0.15) is 24.1 Å². The molecule has 9 nitrogen and oxygen atoms in total. The van der Waals surface area contributed by atoms with E-state index >= 15 is 0 Å². The summed E-state index contributed by atoms with van der Waals surface area (Å²) in [4.78, 5) is 35.1. The van der Waals surface area contributed by atoms with Crippen molar-refractivity contribution in [3.63, 3.8) is 0 Å². The second kappa shape index (κ2) is 10.1. The van der Waals surface area contributed by atoms with Gasteiger partial charge in [-0.2, -0.15) is 11.8 Å². The number of hydrogen-bond donors (Lipinski definition) is 1. The van der Waals surface area contributed by atoms with Gasteiger partial charge in [-0.25, -0.2) is 4.79 Å². The van der Waals surface area contributed by atoms with E-state index in [2.05, 4.69) is 10.5 Å². The summed E-state index contributed by atoms with van der Waals surface area (Å²) in [6, 6.07) is 4.23. The summed E-state index contributed by atoms with van der Waals surface area (Å²) in [5.41, 5.74) is 0.253. The smallest absolute Gasteiger partial charge is 0.329 e. The minimum absolute atomic E-state index is 0.0290. The van der Waals surface area contributed by atoms with Crippen LogP contribution in [0.5, 0.6) is 0 Å². The summed E-state index contributed by atoms with van der Waals surface area (Å²) in [5.74, 6) is -0.0516. The summed E-state index contributed by atoms with van der Waals surface area (Å²) in [6.45, 7) is 1.63. The van der Waals surface area contributed by atoms with Crippen LogP contribution >= 0.6 is 23.4 Å². The van der Waals surface area contributed by atoms with E-state index in [1.807, 2.05) is 6.26 Å². The predicted octanol–water partition coefficient (Wildman–Crippen LogP) is 3.14. The van der Waals surface area contributed by atoms with E-state index < -0.39 is 22.8 Å². The number of nitro benzene ring substituents is 1. The first-order valence-electron chi connectivity index (χ1n) is 8.14. The van der Waals surface area contributed by atoms with Crippen molar-refractivity contribution in [1.29, 1.82) is 0 Å². The van der Waals surface area contributed by atoms with E-state index in [1.165, 1.54) is 23.9 Å². The highest BCUT2D eigenvalue weighted by atomic mass is 35.5. The molecule has 28 heavy (non-hydrogen) atoms. The molecule has 0 bridgehead atoms. The van der Waals surface area contributed by atoms with Crippen LogP contribution in [0.25, 0.3) is 0 Å². The number of amides is 1. The Kier molecular flexibility index (Phi) is 7.82. The number of nitrogens with one attached hydrogen (secondary N) is 1. The molecule has 2 rings (SSSR count). The molecule has 0 saturated heterocycles. The number of carbonyl (C=O) groups excluding carboxylic acids is 2. The molecule has 0 aliphatic carbocycles. The van der Waals surface area contributed by atoms with Crippen LogP contribution in [0.1, 0.15) is 28.2 Å². The van der Waals surface area contributed by atoms with E-state index in [0.29, 0.717) is 23.6 Å². The van der Waals surface area contributed by atoms with Crippen molar-refractivity contribution in [3.05, 3.63) is 56.4 Å². The third-order valence-electron chi connectivity index (χ3n) is 3.65. The van der Waals surface area contributed by atoms with Crippen LogP contribution in [0.3, 0.4) is 0 Å². The van der Waals surface area contributed by atoms with Crippen molar-refractivity contribution < 1.29 is 23.8 Å². The topological polar surface area (TPSA) is 125 Å². The summed E-state index contributed by atoms with van der Waals surface area (Å²) in [7, 11) is 0. The van der Waals surface area contributed by atoms with Gasteiger partial charge < -0.3 is 14.6 Å². The first-order chi connectivity index (χ1) is 13.3. The molecule has 1 aromatic heterocycles. The van der Waals surface area contributed by atoms with Crippen LogP contribution in [0, 0.1) is 17.0 Å². The van der Waals surface area contributed by atoms with Gasteiger partial charge in [-0.15, -0.1) is 0 Å². The molecule has 0 fully saturated rings. The number of aryl methyl sites for hydroxylation is 1. The number of thioether (sulfide) groups is 1. The molecule has 0 spiro atoms. The molecule has 0 unspecified atom stereocenters. The third-order valence-corrected chi connectivity index (χ3v) is 4.60. The molecular weight excluding hydrogens is 410 g/mol. The SMILES string of the molecule is CSCC[C@@H](NC(=O)c1ccc([N+](=O)[O-])cc1Cl)C(=O)OCc1cc(C)on1. The Morgan fingerprint density at radius 2 is 2.18 bits per heavy atom. The van der Waals surface area contributed by atoms with Crippen LogP contribution in [0.2, 0.25) is 5.02 Å². The molecule has 0 saturated carbocycles. The Bertz CT molecular complexity index is 872. The quantitative estimate of drug-likeness (QED) is 0.367. The van der Waals surface area contributed by atoms with Crippen molar-refractivity contribution in [2.24, 2.45) is 0 Å². The van der Waals surface area contributed by atoms with Gasteiger partial charge in [0.25, 0.3) is 11.6 Å². The van der Waals surface area contributed by atoms with Gasteiger partial charge in [0.15, 0.2) is 0 Å². The highest BCUT2D eigenvalue weighted by molar-refractivity contribution is 7.98. The van der Waals surface area contributed by atoms with Crippen molar-refractivity contribution in [2.45, 2.75) is 26.0 Å². The average molecular weight is 428 g/mol. The fourth-order valence-corrected chi connectivity index (χ4v) is 2.99. The highest BCUT2D eigenvalue weighted by Gasteiger charge is 2.24. The van der Waals surface area contributed by atoms with Crippen LogP contribution in [-0.2, 0) is 16.1 Å². The van der Waals surface area contributed by atoms with Crippen molar-refractivity contribution >= 4 is 40.9 Å². The molecule has 0 radical (unpaired) electrons. The molecule has 1 aromatic carbocycles. The Morgan fingerprint density at radius 1 is 1.43 bits per heavy atom. The van der Waals surface area contributed by atoms with Crippen molar-refractivity contribution in [1.82, 2.24) is 10.5 Å². The summed E-state index contributed by atoms with van der Waals surface area (Å²) in [5, 5.41) is 17.0. The maximum Gasteiger partial charge on any atom is 0.329 e. The van der Waals surface area contributed by atoms with E-state index in [9.17, 15) is 19.7 Å². The maximum absolute atomic E-state index is 12.5. The molecule has 1 amide bonds. The summed E-state index contributed by atoms with van der Waals surface area (Å²) in [6.07, 6.45) is 2.21. The van der Waals surface area contributed by atoms with E-state index in [4.69, 9.17) is 20.9 Å². The zero-order chi connectivity index (χ0) is 20.7. The molecule has 150 valence electrons. The van der Waals surface area contributed by atoms with Gasteiger partial charge in [-0.05, 0) is 31.4 Å². The van der Waals surface area contributed by atoms with E-state index in [0.717, 1.165) is 6.07 Å². The predicted molar refractivity (Wildman–Crippen MR) is 103 cm³/mol.